The Balaban J connectivity index is 1.67. The predicted molar refractivity (Wildman–Crippen MR) is 96.9 cm³/mol. The van der Waals surface area contributed by atoms with Crippen molar-refractivity contribution in [1.29, 1.82) is 0 Å². The minimum absolute atomic E-state index is 0.259. The molecular formula is C18H26BN3O3. The van der Waals surface area contributed by atoms with Gasteiger partial charge in [0, 0.05) is 17.7 Å². The smallest absolute Gasteiger partial charge is 0.399 e. The van der Waals surface area contributed by atoms with E-state index in [9.17, 15) is 5.11 Å². The normalized spacial score (nSPS) is 30.7. The first kappa shape index (κ1) is 17.0. The van der Waals surface area contributed by atoms with E-state index in [1.54, 1.807) is 0 Å². The minimum atomic E-state index is -0.573. The Morgan fingerprint density at radius 2 is 1.76 bits per heavy atom. The van der Waals surface area contributed by atoms with Gasteiger partial charge in [-0.25, -0.2) is 9.97 Å². The summed E-state index contributed by atoms with van der Waals surface area (Å²) >= 11 is 0. The topological polar surface area (TPSA) is 69.4 Å². The van der Waals surface area contributed by atoms with Gasteiger partial charge in [-0.05, 0) is 60.5 Å². The van der Waals surface area contributed by atoms with E-state index in [0.717, 1.165) is 35.3 Å². The zero-order valence-corrected chi connectivity index (χ0v) is 15.8. The number of hydrogen-bond donors (Lipinski definition) is 1. The number of nitrogens with zero attached hydrogens (tertiary/aromatic N) is 3. The molecule has 1 saturated heterocycles. The van der Waals surface area contributed by atoms with Crippen LogP contribution in [0, 0.1) is 6.92 Å². The second-order valence-corrected chi connectivity index (χ2v) is 8.79. The van der Waals surface area contributed by atoms with Crippen LogP contribution in [0.4, 0.5) is 0 Å². The quantitative estimate of drug-likeness (QED) is 0.846. The average molecular weight is 343 g/mol. The number of pyridine rings is 1. The molecule has 2 aromatic heterocycles. The zero-order valence-electron chi connectivity index (χ0n) is 15.8. The first-order chi connectivity index (χ1) is 11.5. The van der Waals surface area contributed by atoms with Crippen molar-refractivity contribution in [3.63, 3.8) is 0 Å². The number of rotatable bonds is 2. The van der Waals surface area contributed by atoms with Gasteiger partial charge in [-0.2, -0.15) is 0 Å². The standard InChI is InChI=1S/C18H26BN3O3/c1-11-21-14-7-12(19-24-16(2,3)17(4,5)25-19)10-20-15(14)22(11)13-8-18(6,23)9-13/h7,10,13,23H,8-9H2,1-6H3. The van der Waals surface area contributed by atoms with E-state index in [2.05, 4.69) is 14.5 Å². The van der Waals surface area contributed by atoms with Gasteiger partial charge in [-0.1, -0.05) is 0 Å². The summed E-state index contributed by atoms with van der Waals surface area (Å²) in [6, 6.07) is 2.26. The lowest BCUT2D eigenvalue weighted by atomic mass is 9.77. The molecule has 0 radical (unpaired) electrons. The van der Waals surface area contributed by atoms with Gasteiger partial charge in [0.15, 0.2) is 5.65 Å². The molecule has 2 aliphatic rings. The van der Waals surface area contributed by atoms with E-state index < -0.39 is 12.7 Å². The molecule has 25 heavy (non-hydrogen) atoms. The lowest BCUT2D eigenvalue weighted by Gasteiger charge is -2.42. The highest BCUT2D eigenvalue weighted by molar-refractivity contribution is 6.62. The first-order valence-corrected chi connectivity index (χ1v) is 8.92. The van der Waals surface area contributed by atoms with Gasteiger partial charge in [0.1, 0.15) is 11.3 Å². The maximum absolute atomic E-state index is 10.0. The highest BCUT2D eigenvalue weighted by Crippen LogP contribution is 2.42. The summed E-state index contributed by atoms with van der Waals surface area (Å²) in [6.07, 6.45) is 3.29. The zero-order chi connectivity index (χ0) is 18.2. The number of aromatic nitrogens is 3. The van der Waals surface area contributed by atoms with Crippen molar-refractivity contribution in [3.8, 4) is 0 Å². The third kappa shape index (κ3) is 2.60. The molecule has 6 nitrogen and oxygen atoms in total. The Kier molecular flexibility index (Phi) is 3.44. The van der Waals surface area contributed by atoms with Crippen LogP contribution in [-0.2, 0) is 9.31 Å². The summed E-state index contributed by atoms with van der Waals surface area (Å²) in [5.74, 6) is 0.925. The van der Waals surface area contributed by atoms with Gasteiger partial charge in [0.25, 0.3) is 0 Å². The highest BCUT2D eigenvalue weighted by atomic mass is 16.7. The van der Waals surface area contributed by atoms with Gasteiger partial charge in [-0.15, -0.1) is 0 Å². The summed E-state index contributed by atoms with van der Waals surface area (Å²) in [4.78, 5) is 9.33. The Morgan fingerprint density at radius 3 is 2.32 bits per heavy atom. The van der Waals surface area contributed by atoms with Crippen LogP contribution in [0.5, 0.6) is 0 Å². The van der Waals surface area contributed by atoms with Gasteiger partial charge < -0.3 is 19.0 Å². The molecule has 0 unspecified atom stereocenters. The molecule has 0 atom stereocenters. The van der Waals surface area contributed by atoms with Gasteiger partial charge in [0.05, 0.1) is 16.8 Å². The molecule has 7 heteroatoms. The molecule has 1 saturated carbocycles. The number of hydrogen-bond acceptors (Lipinski definition) is 5. The van der Waals surface area contributed by atoms with E-state index in [-0.39, 0.29) is 17.2 Å². The Hall–Kier alpha value is -1.44. The number of imidazole rings is 1. The average Bonchev–Trinajstić information content (AvgIpc) is 2.88. The molecule has 1 aliphatic carbocycles. The van der Waals surface area contributed by atoms with Crippen LogP contribution in [0.2, 0.25) is 0 Å². The maximum Gasteiger partial charge on any atom is 0.496 e. The van der Waals surface area contributed by atoms with Crippen molar-refractivity contribution in [2.24, 2.45) is 0 Å². The van der Waals surface area contributed by atoms with Crippen LogP contribution in [0.1, 0.15) is 59.3 Å². The summed E-state index contributed by atoms with van der Waals surface area (Å²) in [5, 5.41) is 10.0. The fourth-order valence-corrected chi connectivity index (χ4v) is 3.79. The largest absolute Gasteiger partial charge is 0.496 e. The third-order valence-corrected chi connectivity index (χ3v) is 5.97. The van der Waals surface area contributed by atoms with Crippen LogP contribution < -0.4 is 5.46 Å². The van der Waals surface area contributed by atoms with E-state index in [1.165, 1.54) is 0 Å². The minimum Gasteiger partial charge on any atom is -0.399 e. The van der Waals surface area contributed by atoms with Crippen molar-refractivity contribution < 1.29 is 14.4 Å². The van der Waals surface area contributed by atoms with E-state index in [4.69, 9.17) is 9.31 Å². The second kappa shape index (κ2) is 5.05. The van der Waals surface area contributed by atoms with Gasteiger partial charge >= 0.3 is 7.12 Å². The molecule has 0 bridgehead atoms. The van der Waals surface area contributed by atoms with E-state index >= 15 is 0 Å². The molecule has 134 valence electrons. The van der Waals surface area contributed by atoms with Gasteiger partial charge in [0.2, 0.25) is 0 Å². The van der Waals surface area contributed by atoms with Crippen LogP contribution in [0.3, 0.4) is 0 Å². The summed E-state index contributed by atoms with van der Waals surface area (Å²) < 4.78 is 14.4. The van der Waals surface area contributed by atoms with Crippen molar-refractivity contribution >= 4 is 23.7 Å². The Labute approximate surface area is 148 Å². The van der Waals surface area contributed by atoms with Crippen LogP contribution in [0.15, 0.2) is 12.3 Å². The lowest BCUT2D eigenvalue weighted by molar-refractivity contribution is -0.0504. The molecule has 1 N–H and O–H groups in total. The highest BCUT2D eigenvalue weighted by Gasteiger charge is 2.52. The van der Waals surface area contributed by atoms with E-state index in [0.29, 0.717) is 0 Å². The Bertz CT molecular complexity index is 819. The van der Waals surface area contributed by atoms with Crippen molar-refractivity contribution in [2.75, 3.05) is 0 Å². The lowest BCUT2D eigenvalue weighted by Crippen LogP contribution is -2.42. The molecule has 4 rings (SSSR count). The molecule has 0 spiro atoms. The fourth-order valence-electron chi connectivity index (χ4n) is 3.79. The molecule has 0 amide bonds. The molecule has 0 aromatic carbocycles. The fraction of sp³-hybridized carbons (Fsp3) is 0.667. The van der Waals surface area contributed by atoms with Crippen molar-refractivity contribution in [2.45, 2.75) is 77.2 Å². The molecule has 2 aromatic rings. The predicted octanol–water partition coefficient (Wildman–Crippen LogP) is 2.12. The number of aliphatic hydroxyl groups is 1. The van der Waals surface area contributed by atoms with Gasteiger partial charge in [-0.3, -0.25) is 0 Å². The monoisotopic (exact) mass is 343 g/mol. The summed E-state index contributed by atoms with van der Waals surface area (Å²) in [6.45, 7) is 12.0. The maximum atomic E-state index is 10.0. The SMILES string of the molecule is Cc1nc2cc(B3OC(C)(C)C(C)(C)O3)cnc2n1C1CC(C)(O)C1. The molecule has 3 heterocycles. The van der Waals surface area contributed by atoms with Crippen molar-refractivity contribution in [1.82, 2.24) is 14.5 Å². The van der Waals surface area contributed by atoms with Crippen molar-refractivity contribution in [3.05, 3.63) is 18.1 Å². The Morgan fingerprint density at radius 1 is 1.16 bits per heavy atom. The number of aryl methyl sites for hydroxylation is 1. The van der Waals surface area contributed by atoms with Crippen LogP contribution >= 0.6 is 0 Å². The summed E-state index contributed by atoms with van der Waals surface area (Å²) in [7, 11) is -0.434. The molecule has 2 fully saturated rings. The number of fused-ring (bicyclic) bond motifs is 1. The first-order valence-electron chi connectivity index (χ1n) is 8.92. The summed E-state index contributed by atoms with van der Waals surface area (Å²) in [5.41, 5.74) is 1.26. The third-order valence-electron chi connectivity index (χ3n) is 5.97. The molecule has 1 aliphatic heterocycles. The van der Waals surface area contributed by atoms with Crippen LogP contribution in [0.25, 0.3) is 11.2 Å². The van der Waals surface area contributed by atoms with E-state index in [1.807, 2.05) is 53.8 Å². The second-order valence-electron chi connectivity index (χ2n) is 8.79. The van der Waals surface area contributed by atoms with Crippen LogP contribution in [-0.4, -0.2) is 43.6 Å². The molecular weight excluding hydrogens is 317 g/mol.